The van der Waals surface area contributed by atoms with Crippen LogP contribution in [0.15, 0.2) is 53.2 Å². The van der Waals surface area contributed by atoms with Crippen molar-refractivity contribution >= 4 is 11.7 Å². The normalized spacial score (nSPS) is 13.7. The van der Waals surface area contributed by atoms with Crippen molar-refractivity contribution in [3.05, 3.63) is 65.5 Å². The molecule has 3 heterocycles. The van der Waals surface area contributed by atoms with Crippen molar-refractivity contribution in [2.75, 3.05) is 18.0 Å². The van der Waals surface area contributed by atoms with E-state index < -0.39 is 0 Å². The van der Waals surface area contributed by atoms with Crippen molar-refractivity contribution in [2.24, 2.45) is 0 Å². The van der Waals surface area contributed by atoms with Gasteiger partial charge in [0.2, 0.25) is 5.76 Å². The average molecular weight is 362 g/mol. The van der Waals surface area contributed by atoms with Crippen molar-refractivity contribution < 1.29 is 9.32 Å². The first kappa shape index (κ1) is 17.3. The third-order valence-electron chi connectivity index (χ3n) is 4.77. The van der Waals surface area contributed by atoms with Crippen molar-refractivity contribution in [1.29, 1.82) is 0 Å². The van der Waals surface area contributed by atoms with Gasteiger partial charge in [-0.2, -0.15) is 0 Å². The molecule has 1 N–H and O–H groups in total. The SMILES string of the molecule is Cc1ccc(-c2cc(C(=O)NCc3ccnc(N4CCCC4)c3)on2)cc1. The lowest BCUT2D eigenvalue weighted by molar-refractivity contribution is 0.0914. The molecule has 0 saturated carbocycles. The average Bonchev–Trinajstić information content (AvgIpc) is 3.39. The van der Waals surface area contributed by atoms with E-state index in [0.717, 1.165) is 30.0 Å². The second-order valence-corrected chi connectivity index (χ2v) is 6.84. The van der Waals surface area contributed by atoms with Crippen molar-refractivity contribution in [3.8, 4) is 11.3 Å². The van der Waals surface area contributed by atoms with E-state index in [0.29, 0.717) is 12.2 Å². The van der Waals surface area contributed by atoms with Crippen LogP contribution in [0.2, 0.25) is 0 Å². The fraction of sp³-hybridized carbons (Fsp3) is 0.286. The van der Waals surface area contributed by atoms with Gasteiger partial charge in [0, 0.05) is 37.5 Å². The van der Waals surface area contributed by atoms with E-state index in [2.05, 4.69) is 20.4 Å². The first-order valence-electron chi connectivity index (χ1n) is 9.21. The topological polar surface area (TPSA) is 71.3 Å². The van der Waals surface area contributed by atoms with E-state index in [9.17, 15) is 4.79 Å². The molecule has 0 bridgehead atoms. The predicted molar refractivity (Wildman–Crippen MR) is 104 cm³/mol. The summed E-state index contributed by atoms with van der Waals surface area (Å²) in [6, 6.07) is 13.6. The number of nitrogens with one attached hydrogen (secondary N) is 1. The summed E-state index contributed by atoms with van der Waals surface area (Å²) >= 11 is 0. The highest BCUT2D eigenvalue weighted by Crippen LogP contribution is 2.20. The zero-order valence-electron chi connectivity index (χ0n) is 15.3. The zero-order valence-corrected chi connectivity index (χ0v) is 15.3. The van der Waals surface area contributed by atoms with Crippen molar-refractivity contribution in [1.82, 2.24) is 15.5 Å². The highest BCUT2D eigenvalue weighted by molar-refractivity contribution is 5.92. The van der Waals surface area contributed by atoms with Crippen LogP contribution in [0.25, 0.3) is 11.3 Å². The molecule has 1 fully saturated rings. The second kappa shape index (κ2) is 7.61. The van der Waals surface area contributed by atoms with Gasteiger partial charge in [0.15, 0.2) is 0 Å². The van der Waals surface area contributed by atoms with Crippen LogP contribution in [0.5, 0.6) is 0 Å². The van der Waals surface area contributed by atoms with Gasteiger partial charge in [0.1, 0.15) is 11.5 Å². The highest BCUT2D eigenvalue weighted by Gasteiger charge is 2.16. The fourth-order valence-corrected chi connectivity index (χ4v) is 3.20. The lowest BCUT2D eigenvalue weighted by Crippen LogP contribution is -2.23. The second-order valence-electron chi connectivity index (χ2n) is 6.84. The number of anilines is 1. The van der Waals surface area contributed by atoms with Gasteiger partial charge >= 0.3 is 0 Å². The zero-order chi connectivity index (χ0) is 18.6. The number of aromatic nitrogens is 2. The molecule has 6 nitrogen and oxygen atoms in total. The summed E-state index contributed by atoms with van der Waals surface area (Å²) in [5.41, 5.74) is 3.76. The Hall–Kier alpha value is -3.15. The highest BCUT2D eigenvalue weighted by atomic mass is 16.5. The molecule has 3 aromatic rings. The lowest BCUT2D eigenvalue weighted by atomic mass is 10.1. The maximum atomic E-state index is 12.4. The molecule has 0 aliphatic carbocycles. The molecule has 0 unspecified atom stereocenters. The minimum atomic E-state index is -0.277. The maximum Gasteiger partial charge on any atom is 0.290 e. The number of benzene rings is 1. The van der Waals surface area contributed by atoms with Gasteiger partial charge in [0.25, 0.3) is 5.91 Å². The Morgan fingerprint density at radius 1 is 1.15 bits per heavy atom. The molecule has 1 saturated heterocycles. The molecule has 138 valence electrons. The Kier molecular flexibility index (Phi) is 4.87. The number of hydrogen-bond acceptors (Lipinski definition) is 5. The molecular weight excluding hydrogens is 340 g/mol. The summed E-state index contributed by atoms with van der Waals surface area (Å²) < 4.78 is 5.22. The standard InChI is InChI=1S/C21H22N4O2/c1-15-4-6-17(7-5-15)18-13-19(27-24-18)21(26)23-14-16-8-9-22-20(12-16)25-10-2-3-11-25/h4-9,12-13H,2-3,10-11,14H2,1H3,(H,23,26). The van der Waals surface area contributed by atoms with Gasteiger partial charge in [-0.25, -0.2) is 4.98 Å². The van der Waals surface area contributed by atoms with Crippen LogP contribution in [0, 0.1) is 6.92 Å². The molecule has 1 aliphatic heterocycles. The molecule has 2 aromatic heterocycles. The summed E-state index contributed by atoms with van der Waals surface area (Å²) in [5, 5.41) is 6.89. The van der Waals surface area contributed by atoms with Crippen molar-refractivity contribution in [3.63, 3.8) is 0 Å². The fourth-order valence-electron chi connectivity index (χ4n) is 3.20. The van der Waals surface area contributed by atoms with E-state index in [1.54, 1.807) is 12.3 Å². The molecule has 0 atom stereocenters. The molecular formula is C21H22N4O2. The molecule has 1 amide bonds. The van der Waals surface area contributed by atoms with Crippen LogP contribution >= 0.6 is 0 Å². The van der Waals surface area contributed by atoms with Crippen LogP contribution in [-0.4, -0.2) is 29.1 Å². The minimum absolute atomic E-state index is 0.208. The Labute approximate surface area is 158 Å². The third kappa shape index (κ3) is 4.00. The lowest BCUT2D eigenvalue weighted by Gasteiger charge is -2.16. The number of nitrogens with zero attached hydrogens (tertiary/aromatic N) is 3. The van der Waals surface area contributed by atoms with Gasteiger partial charge in [-0.3, -0.25) is 4.79 Å². The number of carbonyl (C=O) groups excluding carboxylic acids is 1. The maximum absolute atomic E-state index is 12.4. The van der Waals surface area contributed by atoms with Crippen LogP contribution < -0.4 is 10.2 Å². The summed E-state index contributed by atoms with van der Waals surface area (Å²) in [5.74, 6) is 0.903. The number of aryl methyl sites for hydroxylation is 1. The van der Waals surface area contributed by atoms with Gasteiger partial charge in [0.05, 0.1) is 0 Å². The Morgan fingerprint density at radius 2 is 1.93 bits per heavy atom. The molecule has 0 radical (unpaired) electrons. The summed E-state index contributed by atoms with van der Waals surface area (Å²) in [6.07, 6.45) is 4.20. The Balaban J connectivity index is 1.40. The molecule has 6 heteroatoms. The number of rotatable bonds is 5. The van der Waals surface area contributed by atoms with Crippen LogP contribution in [0.4, 0.5) is 5.82 Å². The number of amides is 1. The predicted octanol–water partition coefficient (Wildman–Crippen LogP) is 3.58. The van der Waals surface area contributed by atoms with Gasteiger partial charge in [-0.05, 0) is 37.5 Å². The number of carbonyl (C=O) groups is 1. The smallest absolute Gasteiger partial charge is 0.290 e. The van der Waals surface area contributed by atoms with E-state index in [1.165, 1.54) is 18.4 Å². The van der Waals surface area contributed by atoms with Crippen LogP contribution in [0.1, 0.15) is 34.5 Å². The van der Waals surface area contributed by atoms with Gasteiger partial charge in [-0.1, -0.05) is 35.0 Å². The summed E-state index contributed by atoms with van der Waals surface area (Å²) in [7, 11) is 0. The van der Waals surface area contributed by atoms with E-state index in [4.69, 9.17) is 4.52 Å². The van der Waals surface area contributed by atoms with Crippen LogP contribution in [-0.2, 0) is 6.54 Å². The third-order valence-corrected chi connectivity index (χ3v) is 4.77. The quantitative estimate of drug-likeness (QED) is 0.751. The Morgan fingerprint density at radius 3 is 2.70 bits per heavy atom. The van der Waals surface area contributed by atoms with E-state index in [1.807, 2.05) is 43.3 Å². The number of hydrogen-bond donors (Lipinski definition) is 1. The molecule has 1 aromatic carbocycles. The monoisotopic (exact) mass is 362 g/mol. The minimum Gasteiger partial charge on any atom is -0.357 e. The largest absolute Gasteiger partial charge is 0.357 e. The Bertz CT molecular complexity index is 927. The summed E-state index contributed by atoms with van der Waals surface area (Å²) in [4.78, 5) is 19.1. The van der Waals surface area contributed by atoms with Crippen LogP contribution in [0.3, 0.4) is 0 Å². The number of pyridine rings is 1. The van der Waals surface area contributed by atoms with E-state index in [-0.39, 0.29) is 11.7 Å². The first-order chi connectivity index (χ1) is 13.2. The summed E-state index contributed by atoms with van der Waals surface area (Å²) in [6.45, 7) is 4.54. The van der Waals surface area contributed by atoms with Gasteiger partial charge < -0.3 is 14.7 Å². The molecule has 4 rings (SSSR count). The first-order valence-corrected chi connectivity index (χ1v) is 9.21. The van der Waals surface area contributed by atoms with E-state index >= 15 is 0 Å². The molecule has 27 heavy (non-hydrogen) atoms. The van der Waals surface area contributed by atoms with Crippen molar-refractivity contribution in [2.45, 2.75) is 26.3 Å². The van der Waals surface area contributed by atoms with Gasteiger partial charge in [-0.15, -0.1) is 0 Å². The molecule has 1 aliphatic rings. The molecule has 0 spiro atoms.